The van der Waals surface area contributed by atoms with E-state index in [1.165, 1.54) is 7.11 Å². The highest BCUT2D eigenvalue weighted by molar-refractivity contribution is 5.77. The third kappa shape index (κ3) is 3.88. The maximum Gasteiger partial charge on any atom is 0.327 e. The Bertz CT molecular complexity index is 708. The molecule has 0 spiro atoms. The maximum absolute atomic E-state index is 12.3. The predicted molar refractivity (Wildman–Crippen MR) is 87.1 cm³/mol. The second kappa shape index (κ2) is 6.96. The first kappa shape index (κ1) is 17.9. The van der Waals surface area contributed by atoms with Crippen molar-refractivity contribution < 1.29 is 14.6 Å². The van der Waals surface area contributed by atoms with Crippen molar-refractivity contribution in [1.29, 1.82) is 0 Å². The number of phenolic OH excluding ortho intramolecular Hbond substituents is 1. The lowest BCUT2D eigenvalue weighted by Crippen LogP contribution is -2.34. The van der Waals surface area contributed by atoms with Crippen LogP contribution >= 0.6 is 0 Å². The van der Waals surface area contributed by atoms with E-state index >= 15 is 0 Å². The summed E-state index contributed by atoms with van der Waals surface area (Å²) >= 11 is 0. The van der Waals surface area contributed by atoms with E-state index in [2.05, 4.69) is 15.5 Å². The van der Waals surface area contributed by atoms with Crippen molar-refractivity contribution in [2.24, 2.45) is 0 Å². The minimum absolute atomic E-state index is 0.0920. The Morgan fingerprint density at radius 1 is 1.42 bits per heavy atom. The van der Waals surface area contributed by atoms with Gasteiger partial charge in [0.15, 0.2) is 5.82 Å². The van der Waals surface area contributed by atoms with E-state index in [9.17, 15) is 9.90 Å². The summed E-state index contributed by atoms with van der Waals surface area (Å²) < 4.78 is 6.65. The number of benzene rings is 1. The molecular formula is C16H23N5O3. The zero-order valence-electron chi connectivity index (χ0n) is 14.6. The van der Waals surface area contributed by atoms with Gasteiger partial charge in [-0.15, -0.1) is 5.10 Å². The fourth-order valence-corrected chi connectivity index (χ4v) is 2.52. The molecule has 0 amide bonds. The molecule has 1 N–H and O–H groups in total. The number of aromatic hydroxyl groups is 1. The SMILES string of the molecule is COC(=O)[C@@H](c1cccc(O)c1)N(C)Cc1nnnn1C(C)(C)C. The molecule has 1 aromatic carbocycles. The quantitative estimate of drug-likeness (QED) is 0.828. The van der Waals surface area contributed by atoms with E-state index in [1.807, 2.05) is 20.8 Å². The Kier molecular flexibility index (Phi) is 5.18. The van der Waals surface area contributed by atoms with E-state index in [0.717, 1.165) is 0 Å². The number of rotatable bonds is 5. The first-order valence-electron chi connectivity index (χ1n) is 7.58. The highest BCUT2D eigenvalue weighted by atomic mass is 16.5. The topological polar surface area (TPSA) is 93.4 Å². The van der Waals surface area contributed by atoms with Crippen LogP contribution in [0.5, 0.6) is 5.75 Å². The Morgan fingerprint density at radius 2 is 2.12 bits per heavy atom. The van der Waals surface area contributed by atoms with Gasteiger partial charge in [0, 0.05) is 0 Å². The fraction of sp³-hybridized carbons (Fsp3) is 0.500. The number of tetrazole rings is 1. The van der Waals surface area contributed by atoms with Crippen LogP contribution in [-0.2, 0) is 21.6 Å². The molecule has 0 fully saturated rings. The van der Waals surface area contributed by atoms with Gasteiger partial charge < -0.3 is 9.84 Å². The number of carbonyl (C=O) groups excluding carboxylic acids is 1. The van der Waals surface area contributed by atoms with E-state index in [0.29, 0.717) is 17.9 Å². The number of hydrogen-bond acceptors (Lipinski definition) is 7. The molecule has 1 atom stereocenters. The second-order valence-electron chi connectivity index (χ2n) is 6.61. The van der Waals surface area contributed by atoms with Gasteiger partial charge >= 0.3 is 5.97 Å². The number of ether oxygens (including phenoxy) is 1. The predicted octanol–water partition coefficient (Wildman–Crippen LogP) is 1.48. The molecule has 0 saturated heterocycles. The Hall–Kier alpha value is -2.48. The van der Waals surface area contributed by atoms with Crippen LogP contribution < -0.4 is 0 Å². The van der Waals surface area contributed by atoms with Crippen molar-refractivity contribution in [3.63, 3.8) is 0 Å². The van der Waals surface area contributed by atoms with Gasteiger partial charge in [0.2, 0.25) is 0 Å². The summed E-state index contributed by atoms with van der Waals surface area (Å²) in [6, 6.07) is 5.88. The largest absolute Gasteiger partial charge is 0.508 e. The standard InChI is InChI=1S/C16H23N5O3/c1-16(2,3)21-13(17-18-19-21)10-20(4)14(15(23)24-5)11-7-6-8-12(22)9-11/h6-9,14,22H,10H2,1-5H3/t14-/m1/s1. The molecule has 0 aliphatic rings. The number of methoxy groups -OCH3 is 1. The summed E-state index contributed by atoms with van der Waals surface area (Å²) in [4.78, 5) is 14.1. The molecule has 24 heavy (non-hydrogen) atoms. The van der Waals surface area contributed by atoms with Crippen LogP contribution in [0.25, 0.3) is 0 Å². The molecule has 8 heteroatoms. The molecule has 1 aromatic heterocycles. The number of phenols is 1. The molecule has 130 valence electrons. The molecular weight excluding hydrogens is 310 g/mol. The molecule has 0 aliphatic carbocycles. The lowest BCUT2D eigenvalue weighted by molar-refractivity contribution is -0.147. The fourth-order valence-electron chi connectivity index (χ4n) is 2.52. The minimum Gasteiger partial charge on any atom is -0.508 e. The molecule has 2 aromatic rings. The summed E-state index contributed by atoms with van der Waals surface area (Å²) in [6.07, 6.45) is 0. The molecule has 0 radical (unpaired) electrons. The summed E-state index contributed by atoms with van der Waals surface area (Å²) in [5.41, 5.74) is 0.366. The van der Waals surface area contributed by atoms with Crippen LogP contribution in [0, 0.1) is 0 Å². The number of aromatic nitrogens is 4. The van der Waals surface area contributed by atoms with Crippen molar-refractivity contribution >= 4 is 5.97 Å². The highest BCUT2D eigenvalue weighted by Gasteiger charge is 2.29. The molecule has 0 saturated carbocycles. The zero-order valence-corrected chi connectivity index (χ0v) is 14.6. The van der Waals surface area contributed by atoms with Crippen molar-refractivity contribution in [3.8, 4) is 5.75 Å². The van der Waals surface area contributed by atoms with Crippen LogP contribution in [0.2, 0.25) is 0 Å². The number of carbonyl (C=O) groups is 1. The molecule has 2 rings (SSSR count). The van der Waals surface area contributed by atoms with Crippen LogP contribution in [-0.4, -0.2) is 50.3 Å². The van der Waals surface area contributed by atoms with Crippen molar-refractivity contribution in [2.75, 3.05) is 14.2 Å². The monoisotopic (exact) mass is 333 g/mol. The van der Waals surface area contributed by atoms with E-state index in [1.54, 1.807) is 40.9 Å². The van der Waals surface area contributed by atoms with Crippen molar-refractivity contribution in [3.05, 3.63) is 35.7 Å². The first-order valence-corrected chi connectivity index (χ1v) is 7.58. The zero-order chi connectivity index (χ0) is 17.9. The lowest BCUT2D eigenvalue weighted by Gasteiger charge is -2.27. The molecule has 1 heterocycles. The Morgan fingerprint density at radius 3 is 2.71 bits per heavy atom. The van der Waals surface area contributed by atoms with Gasteiger partial charge in [0.25, 0.3) is 0 Å². The van der Waals surface area contributed by atoms with Gasteiger partial charge in [-0.1, -0.05) is 12.1 Å². The highest BCUT2D eigenvalue weighted by Crippen LogP contribution is 2.26. The minimum atomic E-state index is -0.674. The van der Waals surface area contributed by atoms with E-state index in [4.69, 9.17) is 4.74 Å². The molecule has 0 aliphatic heterocycles. The summed E-state index contributed by atoms with van der Waals surface area (Å²) in [7, 11) is 3.12. The lowest BCUT2D eigenvalue weighted by atomic mass is 10.1. The van der Waals surface area contributed by atoms with Crippen LogP contribution in [0.15, 0.2) is 24.3 Å². The van der Waals surface area contributed by atoms with Gasteiger partial charge in [-0.25, -0.2) is 9.48 Å². The van der Waals surface area contributed by atoms with Crippen molar-refractivity contribution in [2.45, 2.75) is 38.9 Å². The summed E-state index contributed by atoms with van der Waals surface area (Å²) in [6.45, 7) is 6.35. The Labute approximate surface area is 141 Å². The number of nitrogens with zero attached hydrogens (tertiary/aromatic N) is 5. The molecule has 0 unspecified atom stereocenters. The smallest absolute Gasteiger partial charge is 0.327 e. The average Bonchev–Trinajstić information content (AvgIpc) is 2.95. The molecule has 8 nitrogen and oxygen atoms in total. The van der Waals surface area contributed by atoms with Gasteiger partial charge in [0.1, 0.15) is 11.8 Å². The Balaban J connectivity index is 2.31. The van der Waals surface area contributed by atoms with Crippen LogP contribution in [0.3, 0.4) is 0 Å². The normalized spacial score (nSPS) is 13.1. The first-order chi connectivity index (χ1) is 11.2. The van der Waals surface area contributed by atoms with Crippen molar-refractivity contribution in [1.82, 2.24) is 25.1 Å². The van der Waals surface area contributed by atoms with Gasteiger partial charge in [-0.2, -0.15) is 0 Å². The number of esters is 1. The summed E-state index contributed by atoms with van der Waals surface area (Å²) in [5.74, 6) is 0.311. The van der Waals surface area contributed by atoms with E-state index in [-0.39, 0.29) is 11.3 Å². The number of hydrogen-bond donors (Lipinski definition) is 1. The van der Waals surface area contributed by atoms with Gasteiger partial charge in [-0.05, 0) is 55.9 Å². The third-order valence-corrected chi connectivity index (χ3v) is 3.61. The second-order valence-corrected chi connectivity index (χ2v) is 6.61. The summed E-state index contributed by atoms with van der Waals surface area (Å²) in [5, 5.41) is 21.5. The molecule has 0 bridgehead atoms. The van der Waals surface area contributed by atoms with Gasteiger partial charge in [-0.3, -0.25) is 4.90 Å². The average molecular weight is 333 g/mol. The van der Waals surface area contributed by atoms with Crippen LogP contribution in [0.1, 0.15) is 38.2 Å². The van der Waals surface area contributed by atoms with Gasteiger partial charge in [0.05, 0.1) is 19.2 Å². The van der Waals surface area contributed by atoms with E-state index < -0.39 is 12.0 Å². The number of likely N-dealkylation sites (N-methyl/N-ethyl adjacent to an activating group) is 1. The van der Waals surface area contributed by atoms with Crippen LogP contribution in [0.4, 0.5) is 0 Å². The maximum atomic E-state index is 12.3. The third-order valence-electron chi connectivity index (χ3n) is 3.61.